The lowest BCUT2D eigenvalue weighted by atomic mass is 10.1. The average Bonchev–Trinajstić information content (AvgIpc) is 2.99. The van der Waals surface area contributed by atoms with Crippen LogP contribution in [0.25, 0.3) is 21.3 Å². The molecule has 0 bridgehead atoms. The largest absolute Gasteiger partial charge is 0.404 e. The van der Waals surface area contributed by atoms with Crippen molar-refractivity contribution in [2.75, 3.05) is 0 Å². The van der Waals surface area contributed by atoms with Gasteiger partial charge >= 0.3 is 0 Å². The first-order valence-corrected chi connectivity index (χ1v) is 7.90. The molecule has 0 saturated carbocycles. The van der Waals surface area contributed by atoms with E-state index in [1.165, 1.54) is 18.6 Å². The Hall–Kier alpha value is -3.26. The molecule has 0 amide bonds. The number of thiophene rings is 1. The molecule has 120 valence electrons. The fourth-order valence-electron chi connectivity index (χ4n) is 2.14. The van der Waals surface area contributed by atoms with E-state index in [9.17, 15) is 0 Å². The summed E-state index contributed by atoms with van der Waals surface area (Å²) < 4.78 is 1.06. The number of fused-ring (bicyclic) bond motifs is 1. The maximum absolute atomic E-state index is 5.74. The number of hydrogen-bond acceptors (Lipinski definition) is 6. The minimum atomic E-state index is 0.298. The van der Waals surface area contributed by atoms with Crippen LogP contribution >= 0.6 is 11.3 Å². The lowest BCUT2D eigenvalue weighted by molar-refractivity contribution is 1.27. The zero-order chi connectivity index (χ0) is 16.9. The summed E-state index contributed by atoms with van der Waals surface area (Å²) in [5.41, 5.74) is 19.1. The van der Waals surface area contributed by atoms with E-state index in [1.807, 2.05) is 23.6 Å². The van der Waals surface area contributed by atoms with Crippen molar-refractivity contribution in [3.63, 3.8) is 0 Å². The number of hydrogen-bond donors (Lipinski definition) is 3. The van der Waals surface area contributed by atoms with Crippen LogP contribution in [0.4, 0.5) is 11.6 Å². The van der Waals surface area contributed by atoms with E-state index in [4.69, 9.17) is 17.2 Å². The molecular weight excluding hydrogens is 322 g/mol. The Bertz CT molecular complexity index is 939. The Morgan fingerprint density at radius 2 is 1.96 bits per heavy atom. The highest BCUT2D eigenvalue weighted by Gasteiger charge is 2.09. The van der Waals surface area contributed by atoms with Gasteiger partial charge in [0.25, 0.3) is 0 Å². The van der Waals surface area contributed by atoms with Gasteiger partial charge in [-0.25, -0.2) is 20.0 Å². The second-order valence-corrected chi connectivity index (χ2v) is 5.66. The van der Waals surface area contributed by atoms with Crippen LogP contribution in [-0.4, -0.2) is 22.1 Å². The van der Waals surface area contributed by atoms with Crippen molar-refractivity contribution in [1.82, 2.24) is 9.97 Å². The van der Waals surface area contributed by atoms with Crippen LogP contribution in [-0.2, 0) is 0 Å². The van der Waals surface area contributed by atoms with Gasteiger partial charge in [0, 0.05) is 22.7 Å². The van der Waals surface area contributed by atoms with Gasteiger partial charge in [-0.1, -0.05) is 0 Å². The second-order valence-electron chi connectivity index (χ2n) is 4.74. The lowest BCUT2D eigenvalue weighted by Gasteiger charge is -2.01. The number of rotatable bonds is 4. The monoisotopic (exact) mass is 337 g/mol. The maximum atomic E-state index is 5.74. The highest BCUT2D eigenvalue weighted by Crippen LogP contribution is 2.34. The summed E-state index contributed by atoms with van der Waals surface area (Å²) in [7, 11) is 0. The topological polar surface area (TPSA) is 129 Å². The molecule has 0 saturated heterocycles. The average molecular weight is 337 g/mol. The van der Waals surface area contributed by atoms with Gasteiger partial charge < -0.3 is 17.2 Å². The second kappa shape index (κ2) is 6.88. The van der Waals surface area contributed by atoms with Crippen molar-refractivity contribution in [2.45, 2.75) is 0 Å². The van der Waals surface area contributed by atoms with Crippen molar-refractivity contribution >= 4 is 45.4 Å². The van der Waals surface area contributed by atoms with Crippen LogP contribution in [0.5, 0.6) is 0 Å². The lowest BCUT2D eigenvalue weighted by Crippen LogP contribution is -2.07. The molecule has 3 aromatic heterocycles. The van der Waals surface area contributed by atoms with Crippen LogP contribution in [0.2, 0.25) is 0 Å². The highest BCUT2D eigenvalue weighted by atomic mass is 32.1. The summed E-state index contributed by atoms with van der Waals surface area (Å²) in [5, 5.41) is 2.04. The maximum Gasteiger partial charge on any atom is 0.155 e. The summed E-state index contributed by atoms with van der Waals surface area (Å²) in [6.07, 6.45) is 5.81. The summed E-state index contributed by atoms with van der Waals surface area (Å²) >= 11 is 1.61. The predicted octanol–water partition coefficient (Wildman–Crippen LogP) is 2.44. The predicted molar refractivity (Wildman–Crippen MR) is 99.8 cm³/mol. The molecule has 0 aliphatic rings. The van der Waals surface area contributed by atoms with Gasteiger partial charge in [-0.3, -0.25) is 0 Å². The third kappa shape index (κ3) is 3.23. The van der Waals surface area contributed by atoms with E-state index in [0.717, 1.165) is 21.3 Å². The first-order valence-electron chi connectivity index (χ1n) is 7.02. The van der Waals surface area contributed by atoms with E-state index in [0.29, 0.717) is 17.5 Å². The van der Waals surface area contributed by atoms with Crippen LogP contribution < -0.4 is 17.2 Å². The van der Waals surface area contributed by atoms with Gasteiger partial charge in [-0.05, 0) is 36.5 Å². The third-order valence-corrected chi connectivity index (χ3v) is 4.12. The molecular formula is C16H15N7S. The molecule has 8 heteroatoms. The van der Waals surface area contributed by atoms with Crippen molar-refractivity contribution in [2.24, 2.45) is 27.2 Å². The Balaban J connectivity index is 2.04. The van der Waals surface area contributed by atoms with Gasteiger partial charge in [0.2, 0.25) is 0 Å². The summed E-state index contributed by atoms with van der Waals surface area (Å²) in [6, 6.07) is 7.51. The number of aromatic nitrogens is 2. The molecule has 7 nitrogen and oxygen atoms in total. The first-order chi connectivity index (χ1) is 11.7. The molecule has 0 aliphatic heterocycles. The Morgan fingerprint density at radius 3 is 2.67 bits per heavy atom. The minimum absolute atomic E-state index is 0.298. The van der Waals surface area contributed by atoms with E-state index >= 15 is 0 Å². The molecule has 3 rings (SSSR count). The van der Waals surface area contributed by atoms with Crippen LogP contribution in [0.3, 0.4) is 0 Å². The van der Waals surface area contributed by atoms with E-state index in [2.05, 4.69) is 20.0 Å². The number of nitrogens with two attached hydrogens (primary N) is 3. The normalized spacial score (nSPS) is 12.6. The summed E-state index contributed by atoms with van der Waals surface area (Å²) in [5.74, 6) is 1.38. The molecule has 3 heterocycles. The van der Waals surface area contributed by atoms with Gasteiger partial charge in [0.1, 0.15) is 5.84 Å². The van der Waals surface area contributed by atoms with Gasteiger partial charge in [-0.2, -0.15) is 0 Å². The molecule has 0 fully saturated rings. The van der Waals surface area contributed by atoms with Gasteiger partial charge in [0.15, 0.2) is 11.6 Å². The van der Waals surface area contributed by atoms with Crippen LogP contribution in [0, 0.1) is 0 Å². The fourth-order valence-corrected chi connectivity index (χ4v) is 3.04. The zero-order valence-electron chi connectivity index (χ0n) is 12.6. The van der Waals surface area contributed by atoms with Crippen molar-refractivity contribution in [1.29, 1.82) is 0 Å². The standard InChI is InChI=1S/C16H15N7S/c17-6-5-13(19)22-15-4-2-12-16(23-15)11(8-24-12)10-1-3-14(20-7-10)21-9-18/h1-9H,17H2,(H2,18,20,21)(H2,19,22,23)/b6-5-. The molecule has 0 atom stereocenters. The molecule has 0 unspecified atom stereocenters. The van der Waals surface area contributed by atoms with Crippen LogP contribution in [0.1, 0.15) is 0 Å². The molecule has 0 aromatic carbocycles. The number of amidine groups is 1. The van der Waals surface area contributed by atoms with E-state index in [1.54, 1.807) is 23.6 Å². The first kappa shape index (κ1) is 15.6. The van der Waals surface area contributed by atoms with Crippen molar-refractivity contribution < 1.29 is 0 Å². The number of pyridine rings is 2. The summed E-state index contributed by atoms with van der Waals surface area (Å²) in [4.78, 5) is 17.0. The quantitative estimate of drug-likeness (QED) is 0.497. The molecule has 3 aromatic rings. The van der Waals surface area contributed by atoms with Crippen molar-refractivity contribution in [3.05, 3.63) is 48.1 Å². The smallest absolute Gasteiger partial charge is 0.155 e. The minimum Gasteiger partial charge on any atom is -0.404 e. The molecule has 6 N–H and O–H groups in total. The Morgan fingerprint density at radius 1 is 1.12 bits per heavy atom. The Labute approximate surface area is 142 Å². The summed E-state index contributed by atoms with van der Waals surface area (Å²) in [6.45, 7) is 0. The van der Waals surface area contributed by atoms with Crippen molar-refractivity contribution in [3.8, 4) is 11.1 Å². The SMILES string of the molecule is NC=Nc1ccc(-c2csc3ccc(N=C(N)/C=C\N)nc23)cn1. The fraction of sp³-hybridized carbons (Fsp3) is 0. The molecule has 0 radical (unpaired) electrons. The van der Waals surface area contributed by atoms with Gasteiger partial charge in [-0.15, -0.1) is 11.3 Å². The zero-order valence-corrected chi connectivity index (χ0v) is 13.4. The molecule has 0 aliphatic carbocycles. The molecule has 0 spiro atoms. The van der Waals surface area contributed by atoms with E-state index in [-0.39, 0.29) is 0 Å². The van der Waals surface area contributed by atoms with Crippen LogP contribution in [0.15, 0.2) is 58.1 Å². The molecule has 24 heavy (non-hydrogen) atoms. The van der Waals surface area contributed by atoms with Gasteiger partial charge in [0.05, 0.1) is 16.6 Å². The third-order valence-electron chi connectivity index (χ3n) is 3.18. The Kier molecular flexibility index (Phi) is 4.48. The number of nitrogens with zero attached hydrogens (tertiary/aromatic N) is 4. The van der Waals surface area contributed by atoms with E-state index < -0.39 is 0 Å². The highest BCUT2D eigenvalue weighted by molar-refractivity contribution is 7.17. The number of aliphatic imine (C=N–C) groups is 2.